The van der Waals surface area contributed by atoms with Gasteiger partial charge in [0, 0.05) is 5.69 Å². The lowest BCUT2D eigenvalue weighted by Crippen LogP contribution is -2.26. The number of amides is 1. The van der Waals surface area contributed by atoms with Crippen molar-refractivity contribution in [1.82, 2.24) is 0 Å². The maximum absolute atomic E-state index is 11.8. The first-order valence-electron chi connectivity index (χ1n) is 5.56. The first-order chi connectivity index (χ1) is 7.46. The topological polar surface area (TPSA) is 38.3 Å². The third kappa shape index (κ3) is 1.47. The number of hydrogen-bond donors (Lipinski definition) is 1. The molecular formula is C13H17NO2. The second-order valence-electron chi connectivity index (χ2n) is 4.67. The van der Waals surface area contributed by atoms with E-state index in [1.54, 1.807) is 0 Å². The Kier molecular flexibility index (Phi) is 2.41. The van der Waals surface area contributed by atoms with E-state index >= 15 is 0 Å². The number of carbonyl (C=O) groups is 1. The molecule has 3 nitrogen and oxygen atoms in total. The third-order valence-corrected chi connectivity index (χ3v) is 3.10. The van der Waals surface area contributed by atoms with Crippen LogP contribution in [0.2, 0.25) is 0 Å². The smallest absolute Gasteiger partial charge is 0.234 e. The summed E-state index contributed by atoms with van der Waals surface area (Å²) < 4.78 is 5.50. The molecule has 1 aliphatic rings. The normalized spacial score (nSPS) is 16.9. The molecule has 0 aliphatic carbocycles. The lowest BCUT2D eigenvalue weighted by Gasteiger charge is -2.16. The number of fused-ring (bicyclic) bond motifs is 1. The number of ether oxygens (including phenoxy) is 1. The fourth-order valence-electron chi connectivity index (χ4n) is 2.06. The predicted octanol–water partition coefficient (Wildman–Crippen LogP) is 2.62. The van der Waals surface area contributed by atoms with Gasteiger partial charge in [0.25, 0.3) is 0 Å². The Morgan fingerprint density at radius 2 is 2.06 bits per heavy atom. The third-order valence-electron chi connectivity index (χ3n) is 3.10. The van der Waals surface area contributed by atoms with Crippen LogP contribution in [0.4, 0.5) is 5.69 Å². The van der Waals surface area contributed by atoms with Crippen molar-refractivity contribution in [2.45, 2.75) is 33.1 Å². The van der Waals surface area contributed by atoms with Gasteiger partial charge in [-0.25, -0.2) is 0 Å². The molecule has 1 amide bonds. The minimum atomic E-state index is -0.465. The summed E-state index contributed by atoms with van der Waals surface area (Å²) in [5.74, 6) is 0.891. The summed E-state index contributed by atoms with van der Waals surface area (Å²) in [6.07, 6.45) is 0. The summed E-state index contributed by atoms with van der Waals surface area (Å²) in [6, 6.07) is 3.92. The van der Waals surface area contributed by atoms with Gasteiger partial charge in [0.05, 0.1) is 12.0 Å². The van der Waals surface area contributed by atoms with Crippen LogP contribution < -0.4 is 10.1 Å². The van der Waals surface area contributed by atoms with Gasteiger partial charge in [0.2, 0.25) is 5.91 Å². The molecule has 2 rings (SSSR count). The lowest BCUT2D eigenvalue weighted by atomic mass is 9.85. The molecule has 16 heavy (non-hydrogen) atoms. The van der Waals surface area contributed by atoms with E-state index in [2.05, 4.69) is 5.32 Å². The number of rotatable bonds is 2. The maximum atomic E-state index is 11.8. The summed E-state index contributed by atoms with van der Waals surface area (Å²) in [5.41, 5.74) is 2.56. The molecule has 0 saturated carbocycles. The molecule has 1 aromatic rings. The van der Waals surface area contributed by atoms with E-state index < -0.39 is 5.41 Å². The molecule has 0 radical (unpaired) electrons. The van der Waals surface area contributed by atoms with E-state index in [0.717, 1.165) is 22.6 Å². The highest BCUT2D eigenvalue weighted by molar-refractivity contribution is 6.06. The van der Waals surface area contributed by atoms with Crippen molar-refractivity contribution in [3.8, 4) is 5.75 Å². The molecule has 86 valence electrons. The Morgan fingerprint density at radius 1 is 1.38 bits per heavy atom. The van der Waals surface area contributed by atoms with Crippen molar-refractivity contribution in [3.05, 3.63) is 23.3 Å². The molecule has 1 aromatic carbocycles. The van der Waals surface area contributed by atoms with Gasteiger partial charge in [-0.05, 0) is 51.0 Å². The van der Waals surface area contributed by atoms with Gasteiger partial charge < -0.3 is 10.1 Å². The highest BCUT2D eigenvalue weighted by atomic mass is 16.5. The van der Waals surface area contributed by atoms with Crippen LogP contribution >= 0.6 is 0 Å². The van der Waals surface area contributed by atoms with Gasteiger partial charge in [-0.3, -0.25) is 4.79 Å². The van der Waals surface area contributed by atoms with Gasteiger partial charge in [-0.1, -0.05) is 0 Å². The molecule has 0 bridgehead atoms. The van der Waals surface area contributed by atoms with Crippen LogP contribution in [0.15, 0.2) is 12.1 Å². The number of nitrogens with one attached hydrogen (secondary N) is 1. The Morgan fingerprint density at radius 3 is 2.69 bits per heavy atom. The highest BCUT2D eigenvalue weighted by Gasteiger charge is 2.39. The SMILES string of the molecule is CCOc1cc(C)c2c(c1)C(C)(C)C(=O)N2. The zero-order chi connectivity index (χ0) is 11.9. The number of hydrogen-bond acceptors (Lipinski definition) is 2. The Bertz CT molecular complexity index is 449. The zero-order valence-corrected chi connectivity index (χ0v) is 10.2. The summed E-state index contributed by atoms with van der Waals surface area (Å²) in [6.45, 7) is 8.45. The van der Waals surface area contributed by atoms with Crippen LogP contribution in [0.3, 0.4) is 0 Å². The molecule has 1 heterocycles. The Balaban J connectivity index is 2.56. The number of benzene rings is 1. The minimum absolute atomic E-state index is 0.0549. The highest BCUT2D eigenvalue weighted by Crippen LogP contribution is 2.41. The molecule has 0 spiro atoms. The first kappa shape index (κ1) is 11.0. The summed E-state index contributed by atoms with van der Waals surface area (Å²) in [7, 11) is 0. The van der Waals surface area contributed by atoms with E-state index in [1.807, 2.05) is 39.8 Å². The fourth-order valence-corrected chi connectivity index (χ4v) is 2.06. The quantitative estimate of drug-likeness (QED) is 0.830. The average Bonchev–Trinajstić information content (AvgIpc) is 2.42. The van der Waals surface area contributed by atoms with Gasteiger partial charge in [0.15, 0.2) is 0 Å². The van der Waals surface area contributed by atoms with Gasteiger partial charge in [-0.15, -0.1) is 0 Å². The van der Waals surface area contributed by atoms with Gasteiger partial charge in [-0.2, -0.15) is 0 Å². The molecule has 1 N–H and O–H groups in total. The average molecular weight is 219 g/mol. The summed E-state index contributed by atoms with van der Waals surface area (Å²) >= 11 is 0. The molecule has 0 atom stereocenters. The first-order valence-corrected chi connectivity index (χ1v) is 5.56. The molecule has 0 saturated heterocycles. The summed E-state index contributed by atoms with van der Waals surface area (Å²) in [5, 5.41) is 2.93. The monoisotopic (exact) mass is 219 g/mol. The number of carbonyl (C=O) groups excluding carboxylic acids is 1. The van der Waals surface area contributed by atoms with Crippen LogP contribution in [-0.4, -0.2) is 12.5 Å². The van der Waals surface area contributed by atoms with Crippen LogP contribution in [0.5, 0.6) is 5.75 Å². The van der Waals surface area contributed by atoms with E-state index in [1.165, 1.54) is 0 Å². The zero-order valence-electron chi connectivity index (χ0n) is 10.2. The fraction of sp³-hybridized carbons (Fsp3) is 0.462. The number of anilines is 1. The van der Waals surface area contributed by atoms with Crippen LogP contribution in [-0.2, 0) is 10.2 Å². The van der Waals surface area contributed by atoms with E-state index in [-0.39, 0.29) is 5.91 Å². The Hall–Kier alpha value is -1.51. The van der Waals surface area contributed by atoms with Gasteiger partial charge in [0.1, 0.15) is 5.75 Å². The second kappa shape index (κ2) is 3.51. The van der Waals surface area contributed by atoms with Crippen molar-refractivity contribution in [2.75, 3.05) is 11.9 Å². The van der Waals surface area contributed by atoms with Crippen molar-refractivity contribution in [2.24, 2.45) is 0 Å². The summed E-state index contributed by atoms with van der Waals surface area (Å²) in [4.78, 5) is 11.8. The molecule has 0 aromatic heterocycles. The van der Waals surface area contributed by atoms with E-state index in [4.69, 9.17) is 4.74 Å². The Labute approximate surface area is 95.8 Å². The molecule has 3 heteroatoms. The predicted molar refractivity (Wildman–Crippen MR) is 64.0 cm³/mol. The maximum Gasteiger partial charge on any atom is 0.234 e. The lowest BCUT2D eigenvalue weighted by molar-refractivity contribution is -0.119. The van der Waals surface area contributed by atoms with Crippen LogP contribution in [0.25, 0.3) is 0 Å². The number of aryl methyl sites for hydroxylation is 1. The van der Waals surface area contributed by atoms with Crippen molar-refractivity contribution < 1.29 is 9.53 Å². The second-order valence-corrected chi connectivity index (χ2v) is 4.67. The van der Waals surface area contributed by atoms with Crippen molar-refractivity contribution in [3.63, 3.8) is 0 Å². The molecule has 1 aliphatic heterocycles. The van der Waals surface area contributed by atoms with Gasteiger partial charge >= 0.3 is 0 Å². The van der Waals surface area contributed by atoms with E-state index in [0.29, 0.717) is 6.61 Å². The standard InChI is InChI=1S/C13H17NO2/c1-5-16-9-6-8(2)11-10(7-9)13(3,4)12(15)14-11/h6-7H,5H2,1-4H3,(H,14,15). The van der Waals surface area contributed by atoms with Crippen LogP contribution in [0, 0.1) is 6.92 Å². The largest absolute Gasteiger partial charge is 0.494 e. The van der Waals surface area contributed by atoms with Crippen molar-refractivity contribution >= 4 is 11.6 Å². The van der Waals surface area contributed by atoms with E-state index in [9.17, 15) is 4.79 Å². The van der Waals surface area contributed by atoms with Crippen LogP contribution in [0.1, 0.15) is 31.9 Å². The molecular weight excluding hydrogens is 202 g/mol. The molecule has 0 fully saturated rings. The minimum Gasteiger partial charge on any atom is -0.494 e. The molecule has 0 unspecified atom stereocenters. The van der Waals surface area contributed by atoms with Crippen molar-refractivity contribution in [1.29, 1.82) is 0 Å².